The van der Waals surface area contributed by atoms with E-state index in [0.29, 0.717) is 41.3 Å². The molecule has 0 aliphatic rings. The number of nitrogens with one attached hydrogen (secondary N) is 1. The van der Waals surface area contributed by atoms with Crippen LogP contribution in [-0.4, -0.2) is 45.8 Å². The molecule has 0 bridgehead atoms. The summed E-state index contributed by atoms with van der Waals surface area (Å²) in [5.41, 5.74) is 0.694. The summed E-state index contributed by atoms with van der Waals surface area (Å²) in [7, 11) is 0. The molecule has 0 saturated carbocycles. The second-order valence-electron chi connectivity index (χ2n) is 5.26. The van der Waals surface area contributed by atoms with Crippen LogP contribution in [0.4, 0.5) is 0 Å². The maximum atomic E-state index is 12.1. The number of ether oxygens (including phenoxy) is 1. The number of benzene rings is 1. The van der Waals surface area contributed by atoms with Crippen LogP contribution in [0, 0.1) is 0 Å². The predicted octanol–water partition coefficient (Wildman–Crippen LogP) is 2.34. The van der Waals surface area contributed by atoms with Crippen LogP contribution in [0.15, 0.2) is 29.4 Å². The Morgan fingerprint density at radius 2 is 2.20 bits per heavy atom. The summed E-state index contributed by atoms with van der Waals surface area (Å²) >= 11 is 7.42. The van der Waals surface area contributed by atoms with Crippen molar-refractivity contribution in [1.29, 1.82) is 0 Å². The average Bonchev–Trinajstić information content (AvgIpc) is 2.95. The molecule has 7 nitrogen and oxygen atoms in total. The third-order valence-corrected chi connectivity index (χ3v) is 4.79. The van der Waals surface area contributed by atoms with Crippen molar-refractivity contribution in [1.82, 2.24) is 20.2 Å². The number of hydrogen-bond donors (Lipinski definition) is 2. The summed E-state index contributed by atoms with van der Waals surface area (Å²) in [6, 6.07) is 7.26. The van der Waals surface area contributed by atoms with Crippen LogP contribution >= 0.6 is 23.4 Å². The summed E-state index contributed by atoms with van der Waals surface area (Å²) in [5, 5.41) is 11.7. The largest absolute Gasteiger partial charge is 0.382 e. The smallest absolute Gasteiger partial charge is 0.233 e. The molecule has 2 aromatic rings. The molecular formula is C16H22ClN5O2S. The summed E-state index contributed by atoms with van der Waals surface area (Å²) < 4.78 is 6.59. The van der Waals surface area contributed by atoms with E-state index in [-0.39, 0.29) is 11.2 Å². The minimum atomic E-state index is -0.349. The Morgan fingerprint density at radius 1 is 1.44 bits per heavy atom. The highest BCUT2D eigenvalue weighted by molar-refractivity contribution is 8.00. The number of halogens is 1. The molecule has 1 aromatic carbocycles. The van der Waals surface area contributed by atoms with E-state index in [0.717, 1.165) is 6.42 Å². The molecule has 136 valence electrons. The van der Waals surface area contributed by atoms with E-state index >= 15 is 0 Å². The van der Waals surface area contributed by atoms with Gasteiger partial charge in [-0.25, -0.2) is 4.68 Å². The van der Waals surface area contributed by atoms with Crippen molar-refractivity contribution < 1.29 is 9.53 Å². The van der Waals surface area contributed by atoms with Crippen LogP contribution in [0.5, 0.6) is 0 Å². The van der Waals surface area contributed by atoms with Crippen molar-refractivity contribution in [2.75, 3.05) is 25.6 Å². The number of rotatable bonds is 9. The highest BCUT2D eigenvalue weighted by Crippen LogP contribution is 2.28. The zero-order chi connectivity index (χ0) is 18.2. The number of hydrogen-bond acceptors (Lipinski definition) is 6. The number of nitrogens with zero attached hydrogens (tertiary/aromatic N) is 3. The van der Waals surface area contributed by atoms with Crippen LogP contribution in [0.1, 0.15) is 20.3 Å². The zero-order valence-electron chi connectivity index (χ0n) is 14.2. The molecule has 3 N–H and O–H groups in total. The maximum absolute atomic E-state index is 12.1. The van der Waals surface area contributed by atoms with E-state index in [1.54, 1.807) is 13.0 Å². The first-order valence-corrected chi connectivity index (χ1v) is 9.27. The molecule has 1 unspecified atom stereocenters. The van der Waals surface area contributed by atoms with E-state index in [9.17, 15) is 4.79 Å². The second kappa shape index (κ2) is 9.65. The van der Waals surface area contributed by atoms with E-state index in [4.69, 9.17) is 22.2 Å². The van der Waals surface area contributed by atoms with E-state index in [1.807, 2.05) is 25.1 Å². The molecule has 9 heteroatoms. The molecule has 2 rings (SSSR count). The molecule has 0 aliphatic heterocycles. The van der Waals surface area contributed by atoms with E-state index in [2.05, 4.69) is 15.5 Å². The van der Waals surface area contributed by atoms with Crippen molar-refractivity contribution in [2.24, 2.45) is 0 Å². The van der Waals surface area contributed by atoms with Crippen LogP contribution in [0.25, 0.3) is 11.4 Å². The molecule has 0 radical (unpaired) electrons. The monoisotopic (exact) mass is 383 g/mol. The first-order chi connectivity index (χ1) is 12.0. The van der Waals surface area contributed by atoms with Gasteiger partial charge in [-0.2, -0.15) is 0 Å². The van der Waals surface area contributed by atoms with Gasteiger partial charge in [0.05, 0.1) is 10.3 Å². The van der Waals surface area contributed by atoms with Crippen molar-refractivity contribution in [3.8, 4) is 11.4 Å². The highest BCUT2D eigenvalue weighted by Gasteiger charge is 2.20. The van der Waals surface area contributed by atoms with E-state index < -0.39 is 0 Å². The maximum Gasteiger partial charge on any atom is 0.233 e. The average molecular weight is 384 g/mol. The molecule has 1 aromatic heterocycles. The molecule has 0 saturated heterocycles. The van der Waals surface area contributed by atoms with Gasteiger partial charge in [-0.1, -0.05) is 35.5 Å². The number of aromatic nitrogens is 3. The number of amides is 1. The van der Waals surface area contributed by atoms with Crippen LogP contribution in [0.3, 0.4) is 0 Å². The minimum absolute atomic E-state index is 0.0798. The van der Waals surface area contributed by atoms with Gasteiger partial charge in [0, 0.05) is 25.3 Å². The number of carbonyl (C=O) groups excluding carboxylic acids is 1. The second-order valence-corrected chi connectivity index (χ2v) is 6.97. The van der Waals surface area contributed by atoms with Gasteiger partial charge >= 0.3 is 0 Å². The van der Waals surface area contributed by atoms with Gasteiger partial charge in [0.25, 0.3) is 0 Å². The standard InChI is InChI=1S/C16H22ClN5O2S/c1-3-24-10-6-9-19-15(23)11(2)25-16-21-20-14(22(16)18)12-7-4-5-8-13(12)17/h4-5,7-8,11H,3,6,9-10,18H2,1-2H3,(H,19,23). The van der Waals surface area contributed by atoms with E-state index in [1.165, 1.54) is 16.4 Å². The molecule has 0 aliphatic carbocycles. The van der Waals surface area contributed by atoms with Crippen LogP contribution in [-0.2, 0) is 9.53 Å². The minimum Gasteiger partial charge on any atom is -0.382 e. The van der Waals surface area contributed by atoms with Crippen LogP contribution in [0.2, 0.25) is 5.02 Å². The van der Waals surface area contributed by atoms with Gasteiger partial charge in [0.2, 0.25) is 11.1 Å². The normalized spacial score (nSPS) is 12.1. The number of thioether (sulfide) groups is 1. The number of carbonyl (C=O) groups is 1. The number of nitrogen functional groups attached to an aromatic ring is 1. The fraction of sp³-hybridized carbons (Fsp3) is 0.438. The lowest BCUT2D eigenvalue weighted by Gasteiger charge is -2.11. The Bertz CT molecular complexity index is 710. The van der Waals surface area contributed by atoms with Gasteiger partial charge in [0.15, 0.2) is 5.82 Å². The molecule has 1 atom stereocenters. The third kappa shape index (κ3) is 5.35. The molecule has 0 spiro atoms. The molecule has 25 heavy (non-hydrogen) atoms. The predicted molar refractivity (Wildman–Crippen MR) is 100 cm³/mol. The quantitative estimate of drug-likeness (QED) is 0.392. The first kappa shape index (κ1) is 19.6. The Kier molecular flexibility index (Phi) is 7.54. The SMILES string of the molecule is CCOCCCNC(=O)C(C)Sc1nnc(-c2ccccc2Cl)n1N. The lowest BCUT2D eigenvalue weighted by Crippen LogP contribution is -2.32. The highest BCUT2D eigenvalue weighted by atomic mass is 35.5. The Hall–Kier alpha value is -1.77. The van der Waals surface area contributed by atoms with Crippen molar-refractivity contribution in [3.05, 3.63) is 29.3 Å². The van der Waals surface area contributed by atoms with Gasteiger partial charge < -0.3 is 15.9 Å². The number of nitrogens with two attached hydrogens (primary N) is 1. The Balaban J connectivity index is 1.94. The fourth-order valence-corrected chi connectivity index (χ4v) is 3.08. The molecule has 0 fully saturated rings. The lowest BCUT2D eigenvalue weighted by atomic mass is 10.2. The Morgan fingerprint density at radius 3 is 2.92 bits per heavy atom. The molecule has 1 heterocycles. The van der Waals surface area contributed by atoms with Crippen LogP contribution < -0.4 is 11.2 Å². The lowest BCUT2D eigenvalue weighted by molar-refractivity contribution is -0.120. The summed E-state index contributed by atoms with van der Waals surface area (Å²) in [6.07, 6.45) is 0.778. The molecule has 1 amide bonds. The van der Waals surface area contributed by atoms with Gasteiger partial charge in [-0.15, -0.1) is 10.2 Å². The van der Waals surface area contributed by atoms with Gasteiger partial charge in [-0.3, -0.25) is 4.79 Å². The summed E-state index contributed by atoms with van der Waals surface area (Å²) in [5.74, 6) is 6.45. The van der Waals surface area contributed by atoms with Gasteiger partial charge in [0.1, 0.15) is 0 Å². The summed E-state index contributed by atoms with van der Waals surface area (Å²) in [6.45, 7) is 5.63. The fourth-order valence-electron chi connectivity index (χ4n) is 2.07. The van der Waals surface area contributed by atoms with Crippen molar-refractivity contribution >= 4 is 29.3 Å². The first-order valence-electron chi connectivity index (χ1n) is 8.02. The summed E-state index contributed by atoms with van der Waals surface area (Å²) in [4.78, 5) is 12.1. The van der Waals surface area contributed by atoms with Gasteiger partial charge in [-0.05, 0) is 32.4 Å². The van der Waals surface area contributed by atoms with Crippen molar-refractivity contribution in [3.63, 3.8) is 0 Å². The van der Waals surface area contributed by atoms with Crippen molar-refractivity contribution in [2.45, 2.75) is 30.7 Å². The third-order valence-electron chi connectivity index (χ3n) is 3.40. The topological polar surface area (TPSA) is 95.1 Å². The molecular weight excluding hydrogens is 362 g/mol. The Labute approximate surface area is 156 Å². The zero-order valence-corrected chi connectivity index (χ0v) is 15.8.